The molecule has 1 aromatic carbocycles. The van der Waals surface area contributed by atoms with Crippen molar-refractivity contribution in [2.24, 2.45) is 0 Å². The second kappa shape index (κ2) is 8.40. The standard InChI is InChI=1S/C25H26FN3S/c1-2-30-22-14-21-13-19(9-12-29(21)16-22)23-15-28-25(18-3-5-20(26)6-4-18)24(23)17-7-10-27-11-8-17/h3-8,10-11,13,15,21-22,28H,2,9,12,14,16H2,1H3/t21-,22+/m1/s1. The minimum absolute atomic E-state index is 0.216. The van der Waals surface area contributed by atoms with Gasteiger partial charge in [-0.2, -0.15) is 11.8 Å². The van der Waals surface area contributed by atoms with Gasteiger partial charge in [0.1, 0.15) is 5.82 Å². The highest BCUT2D eigenvalue weighted by Gasteiger charge is 2.34. The summed E-state index contributed by atoms with van der Waals surface area (Å²) >= 11 is 2.09. The Labute approximate surface area is 181 Å². The van der Waals surface area contributed by atoms with Crippen LogP contribution < -0.4 is 0 Å². The molecule has 0 spiro atoms. The Kier molecular flexibility index (Phi) is 5.48. The highest BCUT2D eigenvalue weighted by molar-refractivity contribution is 7.99. The molecule has 2 atom stereocenters. The molecule has 3 aromatic rings. The molecule has 2 aliphatic heterocycles. The Morgan fingerprint density at radius 1 is 1.13 bits per heavy atom. The zero-order valence-corrected chi connectivity index (χ0v) is 18.0. The van der Waals surface area contributed by atoms with Crippen LogP contribution in [0.1, 0.15) is 25.3 Å². The fourth-order valence-electron chi connectivity index (χ4n) is 4.82. The summed E-state index contributed by atoms with van der Waals surface area (Å²) in [5.41, 5.74) is 7.01. The van der Waals surface area contributed by atoms with Crippen LogP contribution in [0.25, 0.3) is 28.0 Å². The maximum absolute atomic E-state index is 13.5. The van der Waals surface area contributed by atoms with Crippen LogP contribution >= 0.6 is 11.8 Å². The van der Waals surface area contributed by atoms with Gasteiger partial charge >= 0.3 is 0 Å². The highest BCUT2D eigenvalue weighted by atomic mass is 32.2. The van der Waals surface area contributed by atoms with Crippen LogP contribution in [0.4, 0.5) is 4.39 Å². The molecule has 3 nitrogen and oxygen atoms in total. The van der Waals surface area contributed by atoms with Crippen molar-refractivity contribution in [1.82, 2.24) is 14.9 Å². The van der Waals surface area contributed by atoms with Gasteiger partial charge in [0.2, 0.25) is 0 Å². The highest BCUT2D eigenvalue weighted by Crippen LogP contribution is 2.41. The van der Waals surface area contributed by atoms with Crippen molar-refractivity contribution in [2.75, 3.05) is 18.8 Å². The number of nitrogens with one attached hydrogen (secondary N) is 1. The molecule has 5 heteroatoms. The third-order valence-electron chi connectivity index (χ3n) is 6.20. The van der Waals surface area contributed by atoms with Gasteiger partial charge in [0.05, 0.1) is 5.69 Å². The number of H-pyrrole nitrogens is 1. The van der Waals surface area contributed by atoms with Gasteiger partial charge in [-0.05, 0) is 71.7 Å². The van der Waals surface area contributed by atoms with E-state index in [-0.39, 0.29) is 5.82 Å². The largest absolute Gasteiger partial charge is 0.360 e. The zero-order chi connectivity index (χ0) is 20.5. The third kappa shape index (κ3) is 3.72. The lowest BCUT2D eigenvalue weighted by atomic mass is 9.90. The van der Waals surface area contributed by atoms with Crippen molar-refractivity contribution < 1.29 is 4.39 Å². The minimum atomic E-state index is -0.216. The molecule has 0 radical (unpaired) electrons. The molecule has 30 heavy (non-hydrogen) atoms. The number of aromatic amines is 1. The summed E-state index contributed by atoms with van der Waals surface area (Å²) in [6, 6.07) is 11.4. The molecular weight excluding hydrogens is 393 g/mol. The van der Waals surface area contributed by atoms with Gasteiger partial charge < -0.3 is 4.98 Å². The molecule has 2 aromatic heterocycles. The van der Waals surface area contributed by atoms with Crippen LogP contribution in [0.2, 0.25) is 0 Å². The van der Waals surface area contributed by atoms with Crippen LogP contribution in [0, 0.1) is 5.82 Å². The molecule has 0 aliphatic carbocycles. The number of thioether (sulfide) groups is 1. The van der Waals surface area contributed by atoms with Crippen molar-refractivity contribution in [3.05, 3.63) is 72.4 Å². The summed E-state index contributed by atoms with van der Waals surface area (Å²) in [6.45, 7) is 4.57. The summed E-state index contributed by atoms with van der Waals surface area (Å²) in [5, 5.41) is 0.747. The van der Waals surface area contributed by atoms with Gasteiger partial charge in [0.15, 0.2) is 0 Å². The van der Waals surface area contributed by atoms with E-state index in [1.807, 2.05) is 24.5 Å². The SMILES string of the molecule is CCS[C@H]1C[C@H]2C=C(c3c[nH]c(-c4ccc(F)cc4)c3-c3ccncc3)CCN2C1. The van der Waals surface area contributed by atoms with Crippen LogP contribution in [-0.4, -0.2) is 45.0 Å². The minimum Gasteiger partial charge on any atom is -0.360 e. The molecule has 0 unspecified atom stereocenters. The van der Waals surface area contributed by atoms with Crippen LogP contribution in [-0.2, 0) is 0 Å². The fraction of sp³-hybridized carbons (Fsp3) is 0.320. The zero-order valence-electron chi connectivity index (χ0n) is 17.1. The van der Waals surface area contributed by atoms with E-state index in [0.29, 0.717) is 6.04 Å². The lowest BCUT2D eigenvalue weighted by Crippen LogP contribution is -2.32. The molecule has 0 bridgehead atoms. The maximum Gasteiger partial charge on any atom is 0.123 e. The first-order valence-electron chi connectivity index (χ1n) is 10.7. The van der Waals surface area contributed by atoms with Gasteiger partial charge in [-0.15, -0.1) is 0 Å². The summed E-state index contributed by atoms with van der Waals surface area (Å²) in [6.07, 6.45) is 10.6. The molecule has 1 N–H and O–H groups in total. The molecule has 1 fully saturated rings. The summed E-state index contributed by atoms with van der Waals surface area (Å²) < 4.78 is 13.5. The first-order chi connectivity index (χ1) is 14.7. The molecule has 1 saturated heterocycles. The Hall–Kier alpha value is -2.37. The molecule has 5 rings (SSSR count). The van der Waals surface area contributed by atoms with Crippen molar-refractivity contribution >= 4 is 17.3 Å². The number of halogens is 1. The molecule has 2 aliphatic rings. The predicted molar refractivity (Wildman–Crippen MR) is 124 cm³/mol. The lowest BCUT2D eigenvalue weighted by Gasteiger charge is -2.28. The van der Waals surface area contributed by atoms with E-state index in [1.165, 1.54) is 47.6 Å². The van der Waals surface area contributed by atoms with Crippen molar-refractivity contribution in [3.63, 3.8) is 0 Å². The van der Waals surface area contributed by atoms with E-state index < -0.39 is 0 Å². The molecular formula is C25H26FN3S. The smallest absolute Gasteiger partial charge is 0.123 e. The van der Waals surface area contributed by atoms with Gasteiger partial charge in [0, 0.05) is 54.1 Å². The number of rotatable bonds is 5. The first kappa shape index (κ1) is 19.6. The van der Waals surface area contributed by atoms with E-state index in [4.69, 9.17) is 0 Å². The number of fused-ring (bicyclic) bond motifs is 1. The lowest BCUT2D eigenvalue weighted by molar-refractivity contribution is 0.288. The molecule has 154 valence electrons. The Balaban J connectivity index is 1.56. The van der Waals surface area contributed by atoms with E-state index >= 15 is 0 Å². The quantitative estimate of drug-likeness (QED) is 0.562. The predicted octanol–water partition coefficient (Wildman–Crippen LogP) is 5.87. The normalized spacial score (nSPS) is 21.5. The number of hydrogen-bond acceptors (Lipinski definition) is 3. The number of nitrogens with zero attached hydrogens (tertiary/aromatic N) is 2. The first-order valence-corrected chi connectivity index (χ1v) is 11.7. The average Bonchev–Trinajstić information content (AvgIpc) is 3.38. The number of benzene rings is 1. The number of aromatic nitrogens is 2. The third-order valence-corrected chi connectivity index (χ3v) is 7.35. The van der Waals surface area contributed by atoms with E-state index in [9.17, 15) is 4.39 Å². The summed E-state index contributed by atoms with van der Waals surface area (Å²) in [7, 11) is 0. The topological polar surface area (TPSA) is 31.9 Å². The van der Waals surface area contributed by atoms with Crippen LogP contribution in [0.3, 0.4) is 0 Å². The molecule has 0 amide bonds. The fourth-order valence-corrected chi connectivity index (χ4v) is 5.92. The molecule has 0 saturated carbocycles. The Bertz CT molecular complexity index is 1040. The summed E-state index contributed by atoms with van der Waals surface area (Å²) in [5.74, 6) is 0.971. The van der Waals surface area contributed by atoms with Crippen molar-refractivity contribution in [3.8, 4) is 22.4 Å². The molecule has 4 heterocycles. The van der Waals surface area contributed by atoms with E-state index in [1.54, 1.807) is 0 Å². The van der Waals surface area contributed by atoms with Gasteiger partial charge in [0.25, 0.3) is 0 Å². The van der Waals surface area contributed by atoms with Gasteiger partial charge in [-0.3, -0.25) is 9.88 Å². The Morgan fingerprint density at radius 2 is 1.93 bits per heavy atom. The van der Waals surface area contributed by atoms with E-state index in [0.717, 1.165) is 35.0 Å². The van der Waals surface area contributed by atoms with Crippen molar-refractivity contribution in [1.29, 1.82) is 0 Å². The maximum atomic E-state index is 13.5. The monoisotopic (exact) mass is 419 g/mol. The van der Waals surface area contributed by atoms with Crippen LogP contribution in [0.5, 0.6) is 0 Å². The van der Waals surface area contributed by atoms with Gasteiger partial charge in [-0.1, -0.05) is 13.0 Å². The van der Waals surface area contributed by atoms with Crippen LogP contribution in [0.15, 0.2) is 61.1 Å². The van der Waals surface area contributed by atoms with Gasteiger partial charge in [-0.25, -0.2) is 4.39 Å². The second-order valence-corrected chi connectivity index (χ2v) is 9.59. The Morgan fingerprint density at radius 3 is 2.70 bits per heavy atom. The second-order valence-electron chi connectivity index (χ2n) is 8.01. The van der Waals surface area contributed by atoms with E-state index in [2.05, 4.69) is 58.0 Å². The summed E-state index contributed by atoms with van der Waals surface area (Å²) in [4.78, 5) is 10.3. The van der Waals surface area contributed by atoms with Crippen molar-refractivity contribution in [2.45, 2.75) is 31.1 Å². The number of pyridine rings is 1. The average molecular weight is 420 g/mol. The number of hydrogen-bond donors (Lipinski definition) is 1.